The summed E-state index contributed by atoms with van der Waals surface area (Å²) in [6.45, 7) is 4.06. The Bertz CT molecular complexity index is 858. The van der Waals surface area contributed by atoms with Crippen molar-refractivity contribution in [3.8, 4) is 11.3 Å². The largest absolute Gasteiger partial charge is 0.336 e. The summed E-state index contributed by atoms with van der Waals surface area (Å²) in [5.74, 6) is 0.0679. The number of aromatic nitrogens is 2. The van der Waals surface area contributed by atoms with Gasteiger partial charge in [-0.05, 0) is 12.1 Å². The Labute approximate surface area is 156 Å². The zero-order valence-corrected chi connectivity index (χ0v) is 15.2. The summed E-state index contributed by atoms with van der Waals surface area (Å²) in [7, 11) is 0. The van der Waals surface area contributed by atoms with Gasteiger partial charge in [-0.25, -0.2) is 4.98 Å². The normalized spacial score (nSPS) is 15.2. The quantitative estimate of drug-likeness (QED) is 0.714. The van der Waals surface area contributed by atoms with E-state index in [0.717, 1.165) is 49.0 Å². The maximum Gasteiger partial charge on any atom is 0.255 e. The van der Waals surface area contributed by atoms with Gasteiger partial charge in [0, 0.05) is 49.5 Å². The third-order valence-corrected chi connectivity index (χ3v) is 5.38. The Hall–Kier alpha value is -2.57. The van der Waals surface area contributed by atoms with Crippen molar-refractivity contribution in [3.63, 3.8) is 0 Å². The molecule has 0 saturated carbocycles. The first-order valence-electron chi connectivity index (χ1n) is 8.71. The maximum absolute atomic E-state index is 12.5. The van der Waals surface area contributed by atoms with Gasteiger partial charge < -0.3 is 4.90 Å². The fourth-order valence-electron chi connectivity index (χ4n) is 3.10. The standard InChI is InChI=1S/C20H20N4OS/c25-20(17-7-4-8-21-13-17)24-11-9-23(10-12-24)14-19-22-18(15-26-19)16-5-2-1-3-6-16/h1-8,13,15H,9-12,14H2. The zero-order valence-electron chi connectivity index (χ0n) is 14.4. The molecule has 0 radical (unpaired) electrons. The van der Waals surface area contributed by atoms with Crippen molar-refractivity contribution in [1.29, 1.82) is 0 Å². The minimum absolute atomic E-state index is 0.0679. The number of amides is 1. The monoisotopic (exact) mass is 364 g/mol. The first-order chi connectivity index (χ1) is 12.8. The van der Waals surface area contributed by atoms with Crippen LogP contribution in [0.1, 0.15) is 15.4 Å². The highest BCUT2D eigenvalue weighted by Crippen LogP contribution is 2.22. The van der Waals surface area contributed by atoms with Crippen LogP contribution >= 0.6 is 11.3 Å². The van der Waals surface area contributed by atoms with Crippen LogP contribution in [0.25, 0.3) is 11.3 Å². The summed E-state index contributed by atoms with van der Waals surface area (Å²) < 4.78 is 0. The van der Waals surface area contributed by atoms with Gasteiger partial charge in [-0.2, -0.15) is 0 Å². The van der Waals surface area contributed by atoms with Crippen LogP contribution in [0.5, 0.6) is 0 Å². The van der Waals surface area contributed by atoms with Crippen molar-refractivity contribution in [1.82, 2.24) is 19.8 Å². The molecular weight excluding hydrogens is 344 g/mol. The van der Waals surface area contributed by atoms with E-state index >= 15 is 0 Å². The lowest BCUT2D eigenvalue weighted by atomic mass is 10.2. The average Bonchev–Trinajstić information content (AvgIpc) is 3.18. The van der Waals surface area contributed by atoms with Crippen LogP contribution in [0.15, 0.2) is 60.2 Å². The molecule has 132 valence electrons. The molecule has 6 heteroatoms. The Morgan fingerprint density at radius 1 is 1.04 bits per heavy atom. The Kier molecular flexibility index (Phi) is 5.04. The van der Waals surface area contributed by atoms with Crippen LogP contribution in [0.3, 0.4) is 0 Å². The molecule has 0 atom stereocenters. The molecule has 0 unspecified atom stereocenters. The molecule has 1 aromatic carbocycles. The summed E-state index contributed by atoms with van der Waals surface area (Å²) in [5, 5.41) is 3.24. The number of pyridine rings is 1. The van der Waals surface area contributed by atoms with Crippen LogP contribution in [0, 0.1) is 0 Å². The molecule has 26 heavy (non-hydrogen) atoms. The second-order valence-electron chi connectivity index (χ2n) is 6.30. The van der Waals surface area contributed by atoms with Crippen LogP contribution < -0.4 is 0 Å². The van der Waals surface area contributed by atoms with Crippen molar-refractivity contribution in [2.75, 3.05) is 26.2 Å². The molecule has 4 rings (SSSR count). The van der Waals surface area contributed by atoms with Crippen LogP contribution in [0.2, 0.25) is 0 Å². The molecular formula is C20H20N4OS. The lowest BCUT2D eigenvalue weighted by Crippen LogP contribution is -2.48. The second-order valence-corrected chi connectivity index (χ2v) is 7.25. The number of rotatable bonds is 4. The third-order valence-electron chi connectivity index (χ3n) is 4.55. The number of hydrogen-bond donors (Lipinski definition) is 0. The lowest BCUT2D eigenvalue weighted by molar-refractivity contribution is 0.0628. The lowest BCUT2D eigenvalue weighted by Gasteiger charge is -2.34. The van der Waals surface area contributed by atoms with E-state index in [1.165, 1.54) is 0 Å². The molecule has 0 aliphatic carbocycles. The summed E-state index contributed by atoms with van der Waals surface area (Å²) in [4.78, 5) is 25.5. The number of hydrogen-bond acceptors (Lipinski definition) is 5. The van der Waals surface area contributed by atoms with Gasteiger partial charge in [0.05, 0.1) is 17.8 Å². The van der Waals surface area contributed by atoms with E-state index in [4.69, 9.17) is 4.98 Å². The highest BCUT2D eigenvalue weighted by molar-refractivity contribution is 7.09. The summed E-state index contributed by atoms with van der Waals surface area (Å²) >= 11 is 1.70. The Balaban J connectivity index is 1.33. The van der Waals surface area contributed by atoms with Crippen LogP contribution in [0.4, 0.5) is 0 Å². The van der Waals surface area contributed by atoms with Crippen molar-refractivity contribution in [3.05, 3.63) is 70.8 Å². The minimum Gasteiger partial charge on any atom is -0.336 e. The van der Waals surface area contributed by atoms with Gasteiger partial charge in [-0.3, -0.25) is 14.7 Å². The predicted octanol–water partition coefficient (Wildman–Crippen LogP) is 3.16. The second kappa shape index (κ2) is 7.76. The molecule has 1 aliphatic heterocycles. The van der Waals surface area contributed by atoms with Crippen molar-refractivity contribution >= 4 is 17.2 Å². The smallest absolute Gasteiger partial charge is 0.255 e. The van der Waals surface area contributed by atoms with E-state index < -0.39 is 0 Å². The maximum atomic E-state index is 12.5. The first-order valence-corrected chi connectivity index (χ1v) is 9.59. The SMILES string of the molecule is O=C(c1cccnc1)N1CCN(Cc2nc(-c3ccccc3)cs2)CC1. The molecule has 2 aromatic heterocycles. The molecule has 0 N–H and O–H groups in total. The number of benzene rings is 1. The molecule has 5 nitrogen and oxygen atoms in total. The first kappa shape index (κ1) is 16.9. The molecule has 3 aromatic rings. The van der Waals surface area contributed by atoms with Crippen molar-refractivity contribution in [2.45, 2.75) is 6.54 Å². The van der Waals surface area contributed by atoms with Crippen LogP contribution in [-0.2, 0) is 6.54 Å². The molecule has 1 aliphatic rings. The molecule has 0 bridgehead atoms. The fraction of sp³-hybridized carbons (Fsp3) is 0.250. The van der Waals surface area contributed by atoms with Gasteiger partial charge in [0.2, 0.25) is 0 Å². The van der Waals surface area contributed by atoms with Gasteiger partial charge >= 0.3 is 0 Å². The van der Waals surface area contributed by atoms with E-state index in [0.29, 0.717) is 5.56 Å². The van der Waals surface area contributed by atoms with Crippen LogP contribution in [-0.4, -0.2) is 51.9 Å². The number of nitrogens with zero attached hydrogens (tertiary/aromatic N) is 4. The van der Waals surface area contributed by atoms with Crippen molar-refractivity contribution in [2.24, 2.45) is 0 Å². The van der Waals surface area contributed by atoms with Gasteiger partial charge in [0.15, 0.2) is 0 Å². The predicted molar refractivity (Wildman–Crippen MR) is 103 cm³/mol. The van der Waals surface area contributed by atoms with Gasteiger partial charge in [-0.15, -0.1) is 11.3 Å². The summed E-state index contributed by atoms with van der Waals surface area (Å²) in [5.41, 5.74) is 2.85. The molecule has 0 spiro atoms. The molecule has 3 heterocycles. The molecule has 1 saturated heterocycles. The fourth-order valence-corrected chi connectivity index (χ4v) is 3.94. The van der Waals surface area contributed by atoms with E-state index in [9.17, 15) is 4.79 Å². The Morgan fingerprint density at radius 3 is 2.58 bits per heavy atom. The number of thiazole rings is 1. The van der Waals surface area contributed by atoms with E-state index in [-0.39, 0.29) is 5.91 Å². The number of piperazine rings is 1. The average molecular weight is 364 g/mol. The highest BCUT2D eigenvalue weighted by atomic mass is 32.1. The van der Waals surface area contributed by atoms with Gasteiger partial charge in [0.1, 0.15) is 5.01 Å². The highest BCUT2D eigenvalue weighted by Gasteiger charge is 2.22. The van der Waals surface area contributed by atoms with Crippen molar-refractivity contribution < 1.29 is 4.79 Å². The van der Waals surface area contributed by atoms with E-state index in [1.54, 1.807) is 29.8 Å². The molecule has 1 amide bonds. The van der Waals surface area contributed by atoms with E-state index in [1.807, 2.05) is 29.2 Å². The zero-order chi connectivity index (χ0) is 17.8. The summed E-state index contributed by atoms with van der Waals surface area (Å²) in [6.07, 6.45) is 3.32. The Morgan fingerprint density at radius 2 is 1.85 bits per heavy atom. The number of carbonyl (C=O) groups is 1. The topological polar surface area (TPSA) is 49.3 Å². The van der Waals surface area contributed by atoms with Gasteiger partial charge in [0.25, 0.3) is 5.91 Å². The third kappa shape index (κ3) is 3.81. The minimum atomic E-state index is 0.0679. The van der Waals surface area contributed by atoms with Gasteiger partial charge in [-0.1, -0.05) is 30.3 Å². The summed E-state index contributed by atoms with van der Waals surface area (Å²) in [6, 6.07) is 13.9. The molecule has 1 fully saturated rings. The van der Waals surface area contributed by atoms with E-state index in [2.05, 4.69) is 27.4 Å². The number of carbonyl (C=O) groups excluding carboxylic acids is 1.